The molecule has 13 heavy (non-hydrogen) atoms. The Morgan fingerprint density at radius 3 is 2.46 bits per heavy atom. The monoisotopic (exact) mass is 184 g/mol. The largest absolute Gasteiger partial charge is 0.393 e. The van der Waals surface area contributed by atoms with E-state index in [4.69, 9.17) is 0 Å². The summed E-state index contributed by atoms with van der Waals surface area (Å²) in [4.78, 5) is 10.1. The molecule has 0 heterocycles. The van der Waals surface area contributed by atoms with Crippen LogP contribution in [0.5, 0.6) is 0 Å². The average Bonchev–Trinajstić information content (AvgIpc) is 2.01. The lowest BCUT2D eigenvalue weighted by Crippen LogP contribution is -2.08. The highest BCUT2D eigenvalue weighted by Gasteiger charge is 2.05. The molecular weight excluding hydrogens is 164 g/mol. The quantitative estimate of drug-likeness (QED) is 0.508. The third-order valence-corrected chi connectivity index (χ3v) is 1.99. The van der Waals surface area contributed by atoms with Crippen LogP contribution < -0.4 is 0 Å². The van der Waals surface area contributed by atoms with Crippen molar-refractivity contribution in [3.8, 4) is 0 Å². The van der Waals surface area contributed by atoms with Crippen LogP contribution in [0, 0.1) is 5.92 Å². The van der Waals surface area contributed by atoms with Crippen LogP contribution in [0.25, 0.3) is 0 Å². The highest BCUT2D eigenvalue weighted by molar-refractivity contribution is 5.65. The van der Waals surface area contributed by atoms with E-state index in [0.717, 1.165) is 24.7 Å². The van der Waals surface area contributed by atoms with E-state index in [9.17, 15) is 9.90 Å². The first-order valence-electron chi connectivity index (χ1n) is 4.85. The molecule has 2 nitrogen and oxygen atoms in total. The molecule has 0 fully saturated rings. The zero-order chi connectivity index (χ0) is 10.3. The van der Waals surface area contributed by atoms with E-state index in [-0.39, 0.29) is 6.10 Å². The van der Waals surface area contributed by atoms with Gasteiger partial charge in [-0.3, -0.25) is 4.79 Å². The van der Waals surface area contributed by atoms with Crippen molar-refractivity contribution >= 4 is 6.29 Å². The van der Waals surface area contributed by atoms with Gasteiger partial charge in [0.15, 0.2) is 0 Å². The smallest absolute Gasteiger partial charge is 0.142 e. The number of carbonyl (C=O) groups is 1. The summed E-state index contributed by atoms with van der Waals surface area (Å²) in [6.45, 7) is 6.15. The zero-order valence-corrected chi connectivity index (χ0v) is 8.79. The van der Waals surface area contributed by atoms with Gasteiger partial charge in [0.05, 0.1) is 6.10 Å². The second-order valence-electron chi connectivity index (χ2n) is 3.98. The SMILES string of the molecule is C/C(=C\C=O)CC(O)CCC(C)C. The van der Waals surface area contributed by atoms with Crippen LogP contribution in [-0.2, 0) is 4.79 Å². The first-order chi connectivity index (χ1) is 6.06. The maximum atomic E-state index is 10.1. The Morgan fingerprint density at radius 2 is 2.00 bits per heavy atom. The van der Waals surface area contributed by atoms with Crippen molar-refractivity contribution in [2.45, 2.75) is 46.1 Å². The van der Waals surface area contributed by atoms with Gasteiger partial charge < -0.3 is 5.11 Å². The lowest BCUT2D eigenvalue weighted by Gasteiger charge is -2.11. The maximum absolute atomic E-state index is 10.1. The van der Waals surface area contributed by atoms with Crippen LogP contribution in [0.4, 0.5) is 0 Å². The lowest BCUT2D eigenvalue weighted by atomic mass is 10.0. The standard InChI is InChI=1S/C11H20O2/c1-9(2)4-5-11(13)8-10(3)6-7-12/h6-7,9,11,13H,4-5,8H2,1-3H3/b10-6+. The number of allylic oxidation sites excluding steroid dienone is 1. The highest BCUT2D eigenvalue weighted by atomic mass is 16.3. The van der Waals surface area contributed by atoms with E-state index in [2.05, 4.69) is 13.8 Å². The van der Waals surface area contributed by atoms with Crippen molar-refractivity contribution in [3.05, 3.63) is 11.6 Å². The summed E-state index contributed by atoms with van der Waals surface area (Å²) in [7, 11) is 0. The highest BCUT2D eigenvalue weighted by Crippen LogP contribution is 2.12. The predicted molar refractivity (Wildman–Crippen MR) is 54.5 cm³/mol. The van der Waals surface area contributed by atoms with Gasteiger partial charge in [-0.1, -0.05) is 19.4 Å². The number of aldehydes is 1. The van der Waals surface area contributed by atoms with Gasteiger partial charge in [-0.2, -0.15) is 0 Å². The molecule has 1 N–H and O–H groups in total. The van der Waals surface area contributed by atoms with Gasteiger partial charge in [0.2, 0.25) is 0 Å². The van der Waals surface area contributed by atoms with Crippen molar-refractivity contribution < 1.29 is 9.90 Å². The van der Waals surface area contributed by atoms with Crippen LogP contribution >= 0.6 is 0 Å². The number of hydrogen-bond acceptors (Lipinski definition) is 2. The van der Waals surface area contributed by atoms with Crippen LogP contribution in [0.3, 0.4) is 0 Å². The van der Waals surface area contributed by atoms with Crippen molar-refractivity contribution in [2.75, 3.05) is 0 Å². The first kappa shape index (κ1) is 12.4. The average molecular weight is 184 g/mol. The number of aliphatic hydroxyl groups excluding tert-OH is 1. The molecule has 0 amide bonds. The summed E-state index contributed by atoms with van der Waals surface area (Å²) < 4.78 is 0. The minimum Gasteiger partial charge on any atom is -0.393 e. The number of carbonyl (C=O) groups excluding carboxylic acids is 1. The normalized spacial score (nSPS) is 14.7. The molecule has 1 unspecified atom stereocenters. The maximum Gasteiger partial charge on any atom is 0.142 e. The Hall–Kier alpha value is -0.630. The number of hydrogen-bond donors (Lipinski definition) is 1. The minimum atomic E-state index is -0.293. The molecule has 0 aromatic carbocycles. The van der Waals surface area contributed by atoms with Crippen molar-refractivity contribution in [1.82, 2.24) is 0 Å². The second-order valence-corrected chi connectivity index (χ2v) is 3.98. The molecule has 0 rings (SSSR count). The fraction of sp³-hybridized carbons (Fsp3) is 0.727. The van der Waals surface area contributed by atoms with Crippen molar-refractivity contribution in [1.29, 1.82) is 0 Å². The third-order valence-electron chi connectivity index (χ3n) is 1.99. The van der Waals surface area contributed by atoms with Crippen LogP contribution in [0.1, 0.15) is 40.0 Å². The summed E-state index contributed by atoms with van der Waals surface area (Å²) in [5.74, 6) is 0.630. The zero-order valence-electron chi connectivity index (χ0n) is 8.79. The molecule has 0 saturated carbocycles. The first-order valence-corrected chi connectivity index (χ1v) is 4.85. The molecule has 0 aliphatic carbocycles. The molecule has 2 heteroatoms. The Labute approximate surface area is 80.7 Å². The minimum absolute atomic E-state index is 0.293. The van der Waals surface area contributed by atoms with Crippen LogP contribution in [-0.4, -0.2) is 17.5 Å². The fourth-order valence-electron chi connectivity index (χ4n) is 1.18. The number of rotatable bonds is 6. The van der Waals surface area contributed by atoms with Gasteiger partial charge in [0.25, 0.3) is 0 Å². The van der Waals surface area contributed by atoms with E-state index in [1.165, 1.54) is 6.08 Å². The van der Waals surface area contributed by atoms with Gasteiger partial charge >= 0.3 is 0 Å². The van der Waals surface area contributed by atoms with Gasteiger partial charge in [0, 0.05) is 0 Å². The van der Waals surface area contributed by atoms with Gasteiger partial charge in [-0.05, 0) is 38.2 Å². The second kappa shape index (κ2) is 6.84. The summed E-state index contributed by atoms with van der Waals surface area (Å²) in [6.07, 6.45) is 4.46. The molecule has 0 radical (unpaired) electrons. The van der Waals surface area contributed by atoms with Gasteiger partial charge in [0.1, 0.15) is 6.29 Å². The van der Waals surface area contributed by atoms with E-state index in [0.29, 0.717) is 12.3 Å². The van der Waals surface area contributed by atoms with Crippen molar-refractivity contribution in [3.63, 3.8) is 0 Å². The Morgan fingerprint density at radius 1 is 1.38 bits per heavy atom. The van der Waals surface area contributed by atoms with Gasteiger partial charge in [-0.15, -0.1) is 0 Å². The van der Waals surface area contributed by atoms with E-state index < -0.39 is 0 Å². The molecule has 0 aromatic heterocycles. The Balaban J connectivity index is 3.67. The fourth-order valence-corrected chi connectivity index (χ4v) is 1.18. The van der Waals surface area contributed by atoms with Crippen molar-refractivity contribution in [2.24, 2.45) is 5.92 Å². The molecule has 0 aliphatic heterocycles. The summed E-state index contributed by atoms with van der Waals surface area (Å²) >= 11 is 0. The van der Waals surface area contributed by atoms with Crippen LogP contribution in [0.2, 0.25) is 0 Å². The molecule has 0 saturated heterocycles. The summed E-state index contributed by atoms with van der Waals surface area (Å²) in [5, 5.41) is 9.54. The predicted octanol–water partition coefficient (Wildman–Crippen LogP) is 2.32. The number of aliphatic hydroxyl groups is 1. The Kier molecular flexibility index (Phi) is 6.51. The molecule has 1 atom stereocenters. The topological polar surface area (TPSA) is 37.3 Å². The molecule has 0 bridgehead atoms. The summed E-state index contributed by atoms with van der Waals surface area (Å²) in [5.41, 5.74) is 0.950. The van der Waals surface area contributed by atoms with E-state index in [1.54, 1.807) is 0 Å². The molecule has 0 aromatic rings. The van der Waals surface area contributed by atoms with E-state index in [1.807, 2.05) is 6.92 Å². The van der Waals surface area contributed by atoms with E-state index >= 15 is 0 Å². The van der Waals surface area contributed by atoms with Gasteiger partial charge in [-0.25, -0.2) is 0 Å². The lowest BCUT2D eigenvalue weighted by molar-refractivity contribution is -0.104. The third kappa shape index (κ3) is 7.72. The summed E-state index contributed by atoms with van der Waals surface area (Å²) in [6, 6.07) is 0. The molecule has 0 spiro atoms. The molecule has 76 valence electrons. The Bertz CT molecular complexity index is 171. The molecular formula is C11H20O2. The van der Waals surface area contributed by atoms with Crippen LogP contribution in [0.15, 0.2) is 11.6 Å². The molecule has 0 aliphatic rings.